The molecule has 1 unspecified atom stereocenters. The maximum atomic E-state index is 12.3. The quantitative estimate of drug-likeness (QED) is 0.816. The average molecular weight is 270 g/mol. The van der Waals surface area contributed by atoms with Crippen LogP contribution < -0.4 is 11.1 Å². The zero-order valence-electron chi connectivity index (χ0n) is 9.12. The molecule has 0 aromatic carbocycles. The number of nitrogens with two attached hydrogens (primary N) is 1. The summed E-state index contributed by atoms with van der Waals surface area (Å²) in [5.74, 6) is 0. The summed E-state index contributed by atoms with van der Waals surface area (Å²) in [6.45, 7) is 0.754. The molecule has 0 aliphatic heterocycles. The van der Waals surface area contributed by atoms with E-state index in [0.717, 1.165) is 0 Å². The summed E-state index contributed by atoms with van der Waals surface area (Å²) in [6, 6.07) is -0.168. The van der Waals surface area contributed by atoms with E-state index in [1.165, 1.54) is 7.11 Å². The number of rotatable bonds is 6. The van der Waals surface area contributed by atoms with Crippen LogP contribution in [0, 0.1) is 0 Å². The first-order valence-corrected chi connectivity index (χ1v) is 5.65. The van der Waals surface area contributed by atoms with E-state index in [0.29, 0.717) is 30.9 Å². The smallest absolute Gasteiger partial charge is 0.383 e. The third kappa shape index (κ3) is 4.44. The minimum atomic E-state index is -4.46. The number of nitrogens with zero attached hydrogens (tertiary/aromatic N) is 2. The second-order valence-corrected chi connectivity index (χ2v) is 4.26. The molecule has 0 saturated heterocycles. The maximum Gasteiger partial charge on any atom is 0.445 e. The topological polar surface area (TPSA) is 73.1 Å². The van der Waals surface area contributed by atoms with E-state index in [1.807, 2.05) is 0 Å². The van der Waals surface area contributed by atoms with E-state index in [2.05, 4.69) is 15.5 Å². The highest BCUT2D eigenvalue weighted by Crippen LogP contribution is 2.33. The standard InChI is InChI=1S/C8H13F3N4OS/c1-16-4-5(2-3-12)13-7-15-14-6(17-7)8(9,10)11/h5H,2-4,12H2,1H3,(H,13,15). The fraction of sp³-hybridized carbons (Fsp3) is 0.750. The lowest BCUT2D eigenvalue weighted by atomic mass is 10.2. The summed E-state index contributed by atoms with van der Waals surface area (Å²) in [6.07, 6.45) is -3.88. The Morgan fingerprint density at radius 3 is 2.65 bits per heavy atom. The van der Waals surface area contributed by atoms with Crippen LogP contribution in [0.15, 0.2) is 0 Å². The second-order valence-electron chi connectivity index (χ2n) is 3.28. The Morgan fingerprint density at radius 1 is 1.47 bits per heavy atom. The molecule has 0 fully saturated rings. The van der Waals surface area contributed by atoms with Crippen LogP contribution in [0.2, 0.25) is 0 Å². The maximum absolute atomic E-state index is 12.3. The molecule has 1 aromatic heterocycles. The summed E-state index contributed by atoms with van der Waals surface area (Å²) in [4.78, 5) is 0. The molecule has 1 rings (SSSR count). The lowest BCUT2D eigenvalue weighted by Crippen LogP contribution is -2.27. The van der Waals surface area contributed by atoms with Gasteiger partial charge in [-0.15, -0.1) is 10.2 Å². The van der Waals surface area contributed by atoms with Crippen molar-refractivity contribution >= 4 is 16.5 Å². The SMILES string of the molecule is COCC(CCN)Nc1nnc(C(F)(F)F)s1. The molecule has 0 aliphatic rings. The van der Waals surface area contributed by atoms with Crippen molar-refractivity contribution in [2.75, 3.05) is 25.6 Å². The summed E-state index contributed by atoms with van der Waals surface area (Å²) in [5, 5.41) is 8.46. The molecular weight excluding hydrogens is 257 g/mol. The second kappa shape index (κ2) is 6.12. The van der Waals surface area contributed by atoms with Crippen molar-refractivity contribution < 1.29 is 17.9 Å². The Hall–Kier alpha value is -0.930. The third-order valence-corrected chi connectivity index (χ3v) is 2.78. The number of hydrogen-bond donors (Lipinski definition) is 2. The monoisotopic (exact) mass is 270 g/mol. The van der Waals surface area contributed by atoms with Gasteiger partial charge in [-0.1, -0.05) is 11.3 Å². The van der Waals surface area contributed by atoms with Gasteiger partial charge < -0.3 is 15.8 Å². The van der Waals surface area contributed by atoms with Crippen LogP contribution in [0.5, 0.6) is 0 Å². The van der Waals surface area contributed by atoms with Gasteiger partial charge in [0.05, 0.1) is 12.6 Å². The molecule has 0 saturated carbocycles. The molecule has 1 aromatic rings. The van der Waals surface area contributed by atoms with Gasteiger partial charge in [0.1, 0.15) is 0 Å². The first-order valence-electron chi connectivity index (χ1n) is 4.83. The number of nitrogens with one attached hydrogen (secondary N) is 1. The lowest BCUT2D eigenvalue weighted by molar-refractivity contribution is -0.138. The number of anilines is 1. The zero-order valence-corrected chi connectivity index (χ0v) is 9.94. The van der Waals surface area contributed by atoms with Crippen LogP contribution in [0.25, 0.3) is 0 Å². The van der Waals surface area contributed by atoms with Gasteiger partial charge in [-0.3, -0.25) is 0 Å². The molecule has 1 heterocycles. The van der Waals surface area contributed by atoms with Crippen molar-refractivity contribution in [3.05, 3.63) is 5.01 Å². The van der Waals surface area contributed by atoms with Gasteiger partial charge in [-0.25, -0.2) is 0 Å². The summed E-state index contributed by atoms with van der Waals surface area (Å²) in [5.41, 5.74) is 5.38. The van der Waals surface area contributed by atoms with Crippen molar-refractivity contribution in [2.45, 2.75) is 18.6 Å². The molecule has 0 spiro atoms. The molecule has 98 valence electrons. The number of ether oxygens (including phenoxy) is 1. The highest BCUT2D eigenvalue weighted by atomic mass is 32.1. The molecule has 17 heavy (non-hydrogen) atoms. The number of alkyl halides is 3. The van der Waals surface area contributed by atoms with Gasteiger partial charge in [0, 0.05) is 7.11 Å². The molecule has 5 nitrogen and oxygen atoms in total. The van der Waals surface area contributed by atoms with Crippen molar-refractivity contribution in [1.29, 1.82) is 0 Å². The first kappa shape index (κ1) is 14.1. The predicted octanol–water partition coefficient (Wildman–Crippen LogP) is 1.33. The van der Waals surface area contributed by atoms with Gasteiger partial charge >= 0.3 is 6.18 Å². The Labute approximate surface area is 100 Å². The molecule has 0 radical (unpaired) electrons. The third-order valence-electron chi connectivity index (χ3n) is 1.88. The number of halogens is 3. The highest BCUT2D eigenvalue weighted by molar-refractivity contribution is 7.15. The van der Waals surface area contributed by atoms with E-state index >= 15 is 0 Å². The van der Waals surface area contributed by atoms with Gasteiger partial charge in [0.2, 0.25) is 10.1 Å². The molecule has 0 bridgehead atoms. The minimum Gasteiger partial charge on any atom is -0.383 e. The van der Waals surface area contributed by atoms with Gasteiger partial charge in [0.25, 0.3) is 0 Å². The summed E-state index contributed by atoms with van der Waals surface area (Å²) >= 11 is 0.465. The Kier molecular flexibility index (Phi) is 5.09. The summed E-state index contributed by atoms with van der Waals surface area (Å²) in [7, 11) is 1.51. The first-order chi connectivity index (χ1) is 7.97. The van der Waals surface area contributed by atoms with Crippen molar-refractivity contribution in [2.24, 2.45) is 5.73 Å². The van der Waals surface area contributed by atoms with Gasteiger partial charge in [-0.2, -0.15) is 13.2 Å². The van der Waals surface area contributed by atoms with Crippen LogP contribution in [0.3, 0.4) is 0 Å². The van der Waals surface area contributed by atoms with E-state index in [9.17, 15) is 13.2 Å². The number of aromatic nitrogens is 2. The van der Waals surface area contributed by atoms with Crippen LogP contribution >= 0.6 is 11.3 Å². The Bertz CT molecular complexity index is 338. The van der Waals surface area contributed by atoms with Gasteiger partial charge in [0.15, 0.2) is 0 Å². The van der Waals surface area contributed by atoms with E-state index in [1.54, 1.807) is 0 Å². The fourth-order valence-corrected chi connectivity index (χ4v) is 1.86. The number of methoxy groups -OCH3 is 1. The van der Waals surface area contributed by atoms with E-state index in [4.69, 9.17) is 10.5 Å². The van der Waals surface area contributed by atoms with Gasteiger partial charge in [-0.05, 0) is 13.0 Å². The molecule has 1 atom stereocenters. The van der Waals surface area contributed by atoms with Crippen LogP contribution in [0.1, 0.15) is 11.4 Å². The highest BCUT2D eigenvalue weighted by Gasteiger charge is 2.35. The molecular formula is C8H13F3N4OS. The van der Waals surface area contributed by atoms with Crippen LogP contribution in [0.4, 0.5) is 18.3 Å². The summed E-state index contributed by atoms with van der Waals surface area (Å²) < 4.78 is 41.7. The van der Waals surface area contributed by atoms with Crippen molar-refractivity contribution in [1.82, 2.24) is 10.2 Å². The Balaban J connectivity index is 2.63. The molecule has 3 N–H and O–H groups in total. The van der Waals surface area contributed by atoms with E-state index < -0.39 is 11.2 Å². The van der Waals surface area contributed by atoms with E-state index in [-0.39, 0.29) is 11.2 Å². The number of hydrogen-bond acceptors (Lipinski definition) is 6. The molecule has 0 aliphatic carbocycles. The van der Waals surface area contributed by atoms with Crippen LogP contribution in [-0.4, -0.2) is 36.5 Å². The Morgan fingerprint density at radius 2 is 2.18 bits per heavy atom. The molecule has 0 amide bonds. The average Bonchev–Trinajstić information content (AvgIpc) is 2.66. The minimum absolute atomic E-state index is 0.118. The fourth-order valence-electron chi connectivity index (χ4n) is 1.17. The predicted molar refractivity (Wildman–Crippen MR) is 57.9 cm³/mol. The zero-order chi connectivity index (χ0) is 12.9. The molecule has 9 heteroatoms. The van der Waals surface area contributed by atoms with Crippen molar-refractivity contribution in [3.63, 3.8) is 0 Å². The van der Waals surface area contributed by atoms with Crippen molar-refractivity contribution in [3.8, 4) is 0 Å². The largest absolute Gasteiger partial charge is 0.445 e. The van der Waals surface area contributed by atoms with Crippen LogP contribution in [-0.2, 0) is 10.9 Å². The lowest BCUT2D eigenvalue weighted by Gasteiger charge is -2.15. The normalized spacial score (nSPS) is 13.7.